The highest BCUT2D eigenvalue weighted by atomic mass is 31.2. The van der Waals surface area contributed by atoms with Gasteiger partial charge in [0.1, 0.15) is 23.9 Å². The topological polar surface area (TPSA) is 91.3 Å². The summed E-state index contributed by atoms with van der Waals surface area (Å²) in [5.74, 6) is 0.737. The smallest absolute Gasteiger partial charge is 0.164 e. The van der Waals surface area contributed by atoms with E-state index in [1.165, 1.54) is 0 Å². The Bertz CT molecular complexity index is 526. The van der Waals surface area contributed by atoms with Gasteiger partial charge in [0, 0.05) is 6.20 Å². The molecule has 2 aliphatic rings. The fraction of sp³-hybridized carbons (Fsp3) is 0.571. The van der Waals surface area contributed by atoms with Crippen molar-refractivity contribution in [3.05, 3.63) is 24.7 Å². The van der Waals surface area contributed by atoms with E-state index in [4.69, 9.17) is 10.5 Å². The minimum Gasteiger partial charge on any atom is -0.388 e. The lowest BCUT2D eigenvalue weighted by atomic mass is 10.1. The van der Waals surface area contributed by atoms with Crippen molar-refractivity contribution < 1.29 is 14.9 Å². The van der Waals surface area contributed by atoms with Crippen LogP contribution in [0.4, 0.5) is 0 Å². The number of rotatable bonds is 4. The van der Waals surface area contributed by atoms with Crippen LogP contribution in [-0.4, -0.2) is 71.3 Å². The summed E-state index contributed by atoms with van der Waals surface area (Å²) in [7, 11) is 0. The number of amidine groups is 1. The van der Waals surface area contributed by atoms with E-state index in [0.717, 1.165) is 6.16 Å². The average Bonchev–Trinajstić information content (AvgIpc) is 2.64. The molecule has 0 aromatic carbocycles. The molecule has 0 amide bonds. The van der Waals surface area contributed by atoms with Crippen LogP contribution in [0.1, 0.15) is 6.42 Å². The van der Waals surface area contributed by atoms with Crippen molar-refractivity contribution >= 4 is 19.0 Å². The average molecular weight is 313 g/mol. The van der Waals surface area contributed by atoms with Crippen molar-refractivity contribution in [2.45, 2.75) is 31.0 Å². The van der Waals surface area contributed by atoms with Gasteiger partial charge in [-0.2, -0.15) is 0 Å². The third-order valence-electron chi connectivity index (χ3n) is 3.59. The van der Waals surface area contributed by atoms with Gasteiger partial charge in [-0.05, 0) is 32.0 Å². The first-order chi connectivity index (χ1) is 9.69. The standard InChI is InChI=1S/C14H24N3O3P/c1-9-16-11(15)5-7-17(9)14-13(19)12(18)10(20-14)6-8-21(2,3)4/h5,7,10,12-14,18-19H,1-2,6,8H2,3-4H3,(H2,15,16)/t10?,12-,13-,14?/m1/s1. The lowest BCUT2D eigenvalue weighted by Crippen LogP contribution is -2.41. The molecule has 7 heteroatoms. The normalized spacial score (nSPS) is 33.4. The van der Waals surface area contributed by atoms with Crippen LogP contribution in [0.5, 0.6) is 0 Å². The van der Waals surface area contributed by atoms with Gasteiger partial charge >= 0.3 is 0 Å². The molecule has 2 unspecified atom stereocenters. The number of hydrogen-bond donors (Lipinski definition) is 3. The molecule has 0 spiro atoms. The van der Waals surface area contributed by atoms with Gasteiger partial charge in [0.05, 0.1) is 6.10 Å². The van der Waals surface area contributed by atoms with E-state index in [9.17, 15) is 10.2 Å². The zero-order valence-electron chi connectivity index (χ0n) is 12.5. The van der Waals surface area contributed by atoms with Crippen LogP contribution in [0, 0.1) is 0 Å². The maximum absolute atomic E-state index is 10.2. The summed E-state index contributed by atoms with van der Waals surface area (Å²) >= 11 is 0. The Balaban J connectivity index is 2.05. The Morgan fingerprint density at radius 2 is 2.10 bits per heavy atom. The van der Waals surface area contributed by atoms with Gasteiger partial charge in [0.2, 0.25) is 0 Å². The molecule has 2 aliphatic heterocycles. The van der Waals surface area contributed by atoms with Gasteiger partial charge in [-0.3, -0.25) is 0 Å². The third kappa shape index (κ3) is 3.77. The molecule has 1 fully saturated rings. The zero-order chi connectivity index (χ0) is 15.8. The number of aliphatic imine (C=N–C) groups is 1. The largest absolute Gasteiger partial charge is 0.388 e. The number of aliphatic hydroxyl groups excluding tert-OH is 2. The Kier molecular flexibility index (Phi) is 4.63. The molecule has 0 aromatic heterocycles. The van der Waals surface area contributed by atoms with Crippen molar-refractivity contribution in [2.75, 3.05) is 19.5 Å². The highest BCUT2D eigenvalue weighted by Crippen LogP contribution is 2.38. The molecule has 4 N–H and O–H groups in total. The predicted molar refractivity (Wildman–Crippen MR) is 87.8 cm³/mol. The van der Waals surface area contributed by atoms with Crippen molar-refractivity contribution in [2.24, 2.45) is 10.7 Å². The van der Waals surface area contributed by atoms with Crippen LogP contribution in [-0.2, 0) is 4.74 Å². The molecule has 2 heterocycles. The van der Waals surface area contributed by atoms with E-state index < -0.39 is 31.4 Å². The molecule has 0 saturated carbocycles. The fourth-order valence-corrected chi connectivity index (χ4v) is 3.35. The first-order valence-electron chi connectivity index (χ1n) is 6.87. The highest BCUT2D eigenvalue weighted by Gasteiger charge is 2.45. The molecule has 0 aliphatic carbocycles. The van der Waals surface area contributed by atoms with Crippen LogP contribution in [0.3, 0.4) is 0 Å². The van der Waals surface area contributed by atoms with Crippen LogP contribution >= 0.6 is 6.89 Å². The maximum Gasteiger partial charge on any atom is 0.164 e. The fourth-order valence-electron chi connectivity index (χ4n) is 2.39. The summed E-state index contributed by atoms with van der Waals surface area (Å²) in [5, 5.41) is 20.4. The van der Waals surface area contributed by atoms with E-state index in [1.54, 1.807) is 17.2 Å². The number of nitrogens with zero attached hydrogens (tertiary/aromatic N) is 2. The summed E-state index contributed by atoms with van der Waals surface area (Å²) in [6.45, 7) is 6.87. The van der Waals surface area contributed by atoms with Crippen molar-refractivity contribution in [3.8, 4) is 0 Å². The van der Waals surface area contributed by atoms with E-state index in [0.29, 0.717) is 18.1 Å². The van der Waals surface area contributed by atoms with E-state index in [2.05, 4.69) is 31.2 Å². The number of hydrogen-bond acceptors (Lipinski definition) is 6. The number of ether oxygens (including phenoxy) is 1. The summed E-state index contributed by atoms with van der Waals surface area (Å²) < 4.78 is 5.82. The Morgan fingerprint density at radius 1 is 1.43 bits per heavy atom. The number of nitrogens with two attached hydrogens (primary N) is 1. The zero-order valence-corrected chi connectivity index (χ0v) is 13.4. The lowest BCUT2D eigenvalue weighted by Gasteiger charge is -2.30. The molecule has 6 nitrogen and oxygen atoms in total. The van der Waals surface area contributed by atoms with Gasteiger partial charge in [-0.15, -0.1) is 13.2 Å². The lowest BCUT2D eigenvalue weighted by molar-refractivity contribution is -0.0578. The van der Waals surface area contributed by atoms with E-state index in [1.807, 2.05) is 0 Å². The summed E-state index contributed by atoms with van der Waals surface area (Å²) in [6.07, 6.45) is 5.94. The van der Waals surface area contributed by atoms with Gasteiger partial charge in [0.15, 0.2) is 6.23 Å². The Labute approximate surface area is 125 Å². The summed E-state index contributed by atoms with van der Waals surface area (Å²) in [4.78, 5) is 5.63. The first-order valence-corrected chi connectivity index (χ1v) is 9.93. The predicted octanol–water partition coefficient (Wildman–Crippen LogP) is 0.190. The van der Waals surface area contributed by atoms with Gasteiger partial charge in [-0.25, -0.2) is 4.99 Å². The molecule has 4 atom stereocenters. The van der Waals surface area contributed by atoms with Crippen LogP contribution < -0.4 is 5.73 Å². The Morgan fingerprint density at radius 3 is 2.67 bits per heavy atom. The third-order valence-corrected chi connectivity index (χ3v) is 5.06. The SMILES string of the molecule is C=C1N=C(N)C=CN1C1OC(CCP(=C)(C)C)[C@@H](O)[C@H]1O. The number of aliphatic hydroxyl groups is 2. The second-order valence-corrected chi connectivity index (χ2v) is 10.5. The molecule has 0 aromatic rings. The molecule has 0 radical (unpaired) electrons. The minimum atomic E-state index is -1.19. The second kappa shape index (κ2) is 5.97. The van der Waals surface area contributed by atoms with Gasteiger partial charge in [0.25, 0.3) is 0 Å². The first kappa shape index (κ1) is 16.3. The highest BCUT2D eigenvalue weighted by molar-refractivity contribution is 7.72. The van der Waals surface area contributed by atoms with Crippen molar-refractivity contribution in [1.82, 2.24) is 4.90 Å². The molecule has 2 rings (SSSR count). The molecular weight excluding hydrogens is 289 g/mol. The van der Waals surface area contributed by atoms with E-state index >= 15 is 0 Å². The van der Waals surface area contributed by atoms with E-state index in [-0.39, 0.29) is 0 Å². The quantitative estimate of drug-likeness (QED) is 0.645. The summed E-state index contributed by atoms with van der Waals surface area (Å²) in [5.41, 5.74) is 5.59. The van der Waals surface area contributed by atoms with Crippen molar-refractivity contribution in [1.29, 1.82) is 0 Å². The monoisotopic (exact) mass is 313 g/mol. The minimum absolute atomic E-state index is 0.351. The Hall–Kier alpha value is -1.07. The molecule has 1 saturated heterocycles. The van der Waals surface area contributed by atoms with Crippen LogP contribution in [0.25, 0.3) is 0 Å². The van der Waals surface area contributed by atoms with Crippen LogP contribution in [0.2, 0.25) is 0 Å². The molecule has 21 heavy (non-hydrogen) atoms. The van der Waals surface area contributed by atoms with Crippen LogP contribution in [0.15, 0.2) is 29.7 Å². The van der Waals surface area contributed by atoms with Crippen molar-refractivity contribution in [3.63, 3.8) is 0 Å². The summed E-state index contributed by atoms with van der Waals surface area (Å²) in [6, 6.07) is 0. The van der Waals surface area contributed by atoms with Gasteiger partial charge in [-0.1, -0.05) is 6.58 Å². The molecule has 0 bridgehead atoms. The molecular formula is C14H24N3O3P. The maximum atomic E-state index is 10.2. The van der Waals surface area contributed by atoms with Gasteiger partial charge < -0.3 is 25.6 Å². The molecule has 118 valence electrons. The second-order valence-electron chi connectivity index (χ2n) is 6.17.